The van der Waals surface area contributed by atoms with Crippen molar-refractivity contribution in [3.8, 4) is 0 Å². The van der Waals surface area contributed by atoms with E-state index in [-0.39, 0.29) is 22.3 Å². The number of nitrogens with zero attached hydrogens (tertiary/aromatic N) is 1. The van der Waals surface area contributed by atoms with Gasteiger partial charge in [0.1, 0.15) is 5.69 Å². The summed E-state index contributed by atoms with van der Waals surface area (Å²) in [5.41, 5.74) is 5.79. The largest absolute Gasteiger partial charge is 0.364 e. The second-order valence-electron chi connectivity index (χ2n) is 4.97. The number of benzene rings is 1. The fourth-order valence-electron chi connectivity index (χ4n) is 1.91. The molecule has 7 nitrogen and oxygen atoms in total. The molecule has 0 spiro atoms. The molecule has 0 atom stereocenters. The number of carbonyl (C=O) groups excluding carboxylic acids is 1. The molecule has 1 aromatic carbocycles. The van der Waals surface area contributed by atoms with E-state index in [4.69, 9.17) is 5.73 Å². The van der Waals surface area contributed by atoms with Crippen LogP contribution in [0, 0.1) is 0 Å². The molecule has 0 fully saturated rings. The number of aromatic nitrogens is 2. The molecule has 0 aliphatic carbocycles. The number of nitrogens with two attached hydrogens (primary N) is 1. The molecule has 4 N–H and O–H groups in total. The summed E-state index contributed by atoms with van der Waals surface area (Å²) in [5, 5.41) is 6.08. The molecule has 0 bridgehead atoms. The average Bonchev–Trinajstić information content (AvgIpc) is 2.86. The fraction of sp³-hybridized carbons (Fsp3) is 0.231. The third kappa shape index (κ3) is 3.47. The number of nitrogens with one attached hydrogen (secondary N) is 2. The summed E-state index contributed by atoms with van der Waals surface area (Å²) in [4.78, 5) is 11.2. The van der Waals surface area contributed by atoms with Gasteiger partial charge in [0, 0.05) is 10.5 Å². The van der Waals surface area contributed by atoms with Gasteiger partial charge in [0.05, 0.1) is 4.90 Å². The summed E-state index contributed by atoms with van der Waals surface area (Å²) in [6.45, 7) is 3.81. The molecule has 0 saturated carbocycles. The predicted octanol–water partition coefficient (Wildman–Crippen LogP) is 2.20. The first-order valence-corrected chi connectivity index (χ1v) is 8.66. The van der Waals surface area contributed by atoms with E-state index in [0.29, 0.717) is 5.56 Å². The van der Waals surface area contributed by atoms with Crippen LogP contribution in [0.4, 0.5) is 5.82 Å². The van der Waals surface area contributed by atoms with Crippen LogP contribution in [0.15, 0.2) is 33.6 Å². The third-order valence-electron chi connectivity index (χ3n) is 2.97. The number of anilines is 1. The van der Waals surface area contributed by atoms with E-state index in [1.54, 1.807) is 12.1 Å². The van der Waals surface area contributed by atoms with Crippen LogP contribution in [0.1, 0.15) is 35.8 Å². The van der Waals surface area contributed by atoms with Gasteiger partial charge in [0.2, 0.25) is 0 Å². The normalized spacial score (nSPS) is 11.6. The van der Waals surface area contributed by atoms with Crippen LogP contribution in [-0.2, 0) is 10.0 Å². The quantitative estimate of drug-likeness (QED) is 0.729. The molecule has 1 heterocycles. The molecule has 118 valence electrons. The maximum atomic E-state index is 12.5. The predicted molar refractivity (Wildman–Crippen MR) is 86.1 cm³/mol. The maximum Gasteiger partial charge on any atom is 0.266 e. The molecule has 0 aliphatic heterocycles. The Kier molecular flexibility index (Phi) is 4.57. The highest BCUT2D eigenvalue weighted by Crippen LogP contribution is 2.28. The number of sulfonamides is 1. The number of hydrogen-bond donors (Lipinski definition) is 3. The summed E-state index contributed by atoms with van der Waals surface area (Å²) < 4.78 is 28.2. The van der Waals surface area contributed by atoms with Crippen LogP contribution < -0.4 is 10.5 Å². The van der Waals surface area contributed by atoms with Crippen LogP contribution in [-0.4, -0.2) is 24.5 Å². The van der Waals surface area contributed by atoms with Crippen molar-refractivity contribution in [1.82, 2.24) is 10.2 Å². The Labute approximate surface area is 136 Å². The van der Waals surface area contributed by atoms with Gasteiger partial charge in [-0.1, -0.05) is 29.8 Å². The first-order valence-electron chi connectivity index (χ1n) is 6.38. The van der Waals surface area contributed by atoms with Gasteiger partial charge >= 0.3 is 0 Å². The molecule has 2 rings (SSSR count). The van der Waals surface area contributed by atoms with Gasteiger partial charge in [0.15, 0.2) is 5.82 Å². The van der Waals surface area contributed by atoms with Crippen molar-refractivity contribution in [2.45, 2.75) is 24.7 Å². The number of rotatable bonds is 5. The zero-order chi connectivity index (χ0) is 16.5. The smallest absolute Gasteiger partial charge is 0.266 e. The Balaban J connectivity index is 2.40. The lowest BCUT2D eigenvalue weighted by Gasteiger charge is -2.14. The number of aromatic amines is 1. The molecule has 22 heavy (non-hydrogen) atoms. The number of H-pyrrole nitrogens is 1. The Hall–Kier alpha value is -1.87. The highest BCUT2D eigenvalue weighted by molar-refractivity contribution is 9.10. The van der Waals surface area contributed by atoms with Crippen LogP contribution in [0.25, 0.3) is 0 Å². The van der Waals surface area contributed by atoms with E-state index in [1.807, 2.05) is 13.8 Å². The zero-order valence-electron chi connectivity index (χ0n) is 11.9. The zero-order valence-corrected chi connectivity index (χ0v) is 14.3. The van der Waals surface area contributed by atoms with Crippen molar-refractivity contribution < 1.29 is 13.2 Å². The van der Waals surface area contributed by atoms with E-state index >= 15 is 0 Å². The second-order valence-corrected chi connectivity index (χ2v) is 7.54. The van der Waals surface area contributed by atoms with E-state index < -0.39 is 15.9 Å². The summed E-state index contributed by atoms with van der Waals surface area (Å²) >= 11 is 3.33. The molecule has 1 amide bonds. The Morgan fingerprint density at radius 1 is 1.36 bits per heavy atom. The monoisotopic (exact) mass is 386 g/mol. The van der Waals surface area contributed by atoms with Gasteiger partial charge < -0.3 is 5.73 Å². The maximum absolute atomic E-state index is 12.5. The third-order valence-corrected chi connectivity index (χ3v) is 4.89. The number of primary amides is 1. The molecule has 2 aromatic rings. The van der Waals surface area contributed by atoms with Crippen molar-refractivity contribution in [3.63, 3.8) is 0 Å². The number of hydrogen-bond acceptors (Lipinski definition) is 4. The van der Waals surface area contributed by atoms with Crippen LogP contribution in [0.3, 0.4) is 0 Å². The SMILES string of the molecule is CC(C)c1cc(Br)ccc1S(=O)(=O)Nc1cc(C(N)=O)[nH]n1. The highest BCUT2D eigenvalue weighted by atomic mass is 79.9. The lowest BCUT2D eigenvalue weighted by molar-refractivity contribution is 0.0995. The first kappa shape index (κ1) is 16.5. The van der Waals surface area contributed by atoms with Crippen LogP contribution >= 0.6 is 15.9 Å². The van der Waals surface area contributed by atoms with Gasteiger partial charge in [-0.2, -0.15) is 5.10 Å². The van der Waals surface area contributed by atoms with Crippen molar-refractivity contribution >= 4 is 37.7 Å². The minimum Gasteiger partial charge on any atom is -0.364 e. The van der Waals surface area contributed by atoms with E-state index in [0.717, 1.165) is 4.47 Å². The molecular formula is C13H15BrN4O3S. The Bertz CT molecular complexity index is 814. The standard InChI is InChI=1S/C13H15BrN4O3S/c1-7(2)9-5-8(14)3-4-11(9)22(20,21)18-12-6-10(13(15)19)16-17-12/h3-7H,1-2H3,(H2,15,19)(H2,16,17,18). The molecular weight excluding hydrogens is 372 g/mol. The molecule has 0 radical (unpaired) electrons. The number of carbonyl (C=O) groups is 1. The van der Waals surface area contributed by atoms with Gasteiger partial charge in [0.25, 0.3) is 15.9 Å². The van der Waals surface area contributed by atoms with E-state index in [9.17, 15) is 13.2 Å². The molecule has 0 aliphatic rings. The summed E-state index contributed by atoms with van der Waals surface area (Å²) in [6, 6.07) is 6.18. The summed E-state index contributed by atoms with van der Waals surface area (Å²) in [7, 11) is -3.82. The molecule has 0 saturated heterocycles. The van der Waals surface area contributed by atoms with Gasteiger partial charge in [-0.05, 0) is 29.7 Å². The molecule has 9 heteroatoms. The Morgan fingerprint density at radius 2 is 2.05 bits per heavy atom. The van der Waals surface area contributed by atoms with Crippen molar-refractivity contribution in [2.24, 2.45) is 5.73 Å². The van der Waals surface area contributed by atoms with E-state index in [1.165, 1.54) is 12.1 Å². The van der Waals surface area contributed by atoms with Crippen LogP contribution in [0.2, 0.25) is 0 Å². The lowest BCUT2D eigenvalue weighted by atomic mass is 10.0. The van der Waals surface area contributed by atoms with Crippen molar-refractivity contribution in [1.29, 1.82) is 0 Å². The lowest BCUT2D eigenvalue weighted by Crippen LogP contribution is -2.16. The second kappa shape index (κ2) is 6.09. The van der Waals surface area contributed by atoms with Crippen molar-refractivity contribution in [3.05, 3.63) is 40.0 Å². The van der Waals surface area contributed by atoms with Gasteiger partial charge in [-0.25, -0.2) is 8.42 Å². The number of halogens is 1. The minimum absolute atomic E-state index is 0.00595. The topological polar surface area (TPSA) is 118 Å². The van der Waals surface area contributed by atoms with E-state index in [2.05, 4.69) is 30.8 Å². The Morgan fingerprint density at radius 3 is 2.59 bits per heavy atom. The summed E-state index contributed by atoms with van der Waals surface area (Å²) in [5.74, 6) is -0.694. The minimum atomic E-state index is -3.82. The van der Waals surface area contributed by atoms with Crippen LogP contribution in [0.5, 0.6) is 0 Å². The summed E-state index contributed by atoms with van der Waals surface area (Å²) in [6.07, 6.45) is 0. The molecule has 0 unspecified atom stereocenters. The molecule has 1 aromatic heterocycles. The number of amides is 1. The van der Waals surface area contributed by atoms with Crippen molar-refractivity contribution in [2.75, 3.05) is 4.72 Å². The first-order chi connectivity index (χ1) is 10.2. The van der Waals surface area contributed by atoms with Gasteiger partial charge in [-0.3, -0.25) is 14.6 Å². The van der Waals surface area contributed by atoms with Gasteiger partial charge in [-0.15, -0.1) is 0 Å². The average molecular weight is 387 g/mol. The highest BCUT2D eigenvalue weighted by Gasteiger charge is 2.22. The fourth-order valence-corrected chi connectivity index (χ4v) is 3.63.